The molecule has 0 spiro atoms. The summed E-state index contributed by atoms with van der Waals surface area (Å²) in [5, 5.41) is 8.95. The van der Waals surface area contributed by atoms with E-state index >= 15 is 0 Å². The number of hydrogen-bond donors (Lipinski definition) is 1. The number of rotatable bonds is 4. The fourth-order valence-electron chi connectivity index (χ4n) is 2.12. The van der Waals surface area contributed by atoms with E-state index < -0.39 is 5.97 Å². The molecule has 1 aliphatic rings. The van der Waals surface area contributed by atoms with Crippen LogP contribution >= 0.6 is 0 Å². The van der Waals surface area contributed by atoms with Crippen LogP contribution in [-0.2, 0) is 14.9 Å². The normalized spacial score (nSPS) is 17.3. The van der Waals surface area contributed by atoms with E-state index in [1.807, 2.05) is 43.3 Å². The number of anilines is 1. The molecular weight excluding hydrogens is 218 g/mol. The van der Waals surface area contributed by atoms with E-state index in [9.17, 15) is 4.79 Å². The van der Waals surface area contributed by atoms with Gasteiger partial charge in [-0.3, -0.25) is 4.79 Å². The van der Waals surface area contributed by atoms with Gasteiger partial charge in [0.2, 0.25) is 0 Å². The van der Waals surface area contributed by atoms with Gasteiger partial charge in [0.15, 0.2) is 0 Å². The Balaban J connectivity index is 2.23. The third-order valence-electron chi connectivity index (χ3n) is 3.24. The van der Waals surface area contributed by atoms with Crippen molar-refractivity contribution in [1.29, 1.82) is 0 Å². The smallest absolute Gasteiger partial charge is 0.304 e. The summed E-state index contributed by atoms with van der Waals surface area (Å²) in [6.07, 6.45) is 0.133. The monoisotopic (exact) mass is 235 g/mol. The number of carboxylic acids is 1. The van der Waals surface area contributed by atoms with Crippen LogP contribution in [0.5, 0.6) is 0 Å². The molecule has 1 aliphatic heterocycles. The average molecular weight is 235 g/mol. The minimum Gasteiger partial charge on any atom is -0.481 e. The minimum atomic E-state index is -0.773. The molecule has 1 saturated heterocycles. The molecule has 0 radical (unpaired) electrons. The van der Waals surface area contributed by atoms with Crippen LogP contribution in [-0.4, -0.2) is 38.4 Å². The standard InChI is InChI=1S/C13H17NO3/c1-14(2)11-5-3-10(4-6-11)13(7-12(15)16)8-17-9-13/h3-6H,7-9H2,1-2H3,(H,15,16). The maximum atomic E-state index is 10.9. The summed E-state index contributed by atoms with van der Waals surface area (Å²) in [6.45, 7) is 1.00. The van der Waals surface area contributed by atoms with Gasteiger partial charge in [-0.05, 0) is 17.7 Å². The van der Waals surface area contributed by atoms with Crippen molar-refractivity contribution >= 4 is 11.7 Å². The maximum Gasteiger partial charge on any atom is 0.304 e. The van der Waals surface area contributed by atoms with Crippen LogP contribution in [0, 0.1) is 0 Å². The lowest BCUT2D eigenvalue weighted by Crippen LogP contribution is -2.48. The van der Waals surface area contributed by atoms with Crippen molar-refractivity contribution < 1.29 is 14.6 Å². The van der Waals surface area contributed by atoms with Crippen molar-refractivity contribution in [2.75, 3.05) is 32.2 Å². The number of hydrogen-bond acceptors (Lipinski definition) is 3. The van der Waals surface area contributed by atoms with Gasteiger partial charge in [-0.25, -0.2) is 0 Å². The number of carboxylic acid groups (broad SMARTS) is 1. The number of nitrogens with zero attached hydrogens (tertiary/aromatic N) is 1. The third kappa shape index (κ3) is 2.26. The van der Waals surface area contributed by atoms with Crippen LogP contribution in [0.1, 0.15) is 12.0 Å². The number of benzene rings is 1. The van der Waals surface area contributed by atoms with Crippen molar-refractivity contribution in [3.8, 4) is 0 Å². The Morgan fingerprint density at radius 3 is 2.29 bits per heavy atom. The van der Waals surface area contributed by atoms with Gasteiger partial charge in [-0.2, -0.15) is 0 Å². The first kappa shape index (κ1) is 11.9. The van der Waals surface area contributed by atoms with Gasteiger partial charge in [-0.1, -0.05) is 12.1 Å². The van der Waals surface area contributed by atoms with Gasteiger partial charge in [0, 0.05) is 19.8 Å². The zero-order valence-corrected chi connectivity index (χ0v) is 10.1. The average Bonchev–Trinajstić information content (AvgIpc) is 2.23. The molecule has 17 heavy (non-hydrogen) atoms. The van der Waals surface area contributed by atoms with E-state index in [0.29, 0.717) is 13.2 Å². The highest BCUT2D eigenvalue weighted by molar-refractivity contribution is 5.69. The molecular formula is C13H17NO3. The third-order valence-corrected chi connectivity index (χ3v) is 3.24. The van der Waals surface area contributed by atoms with E-state index in [4.69, 9.17) is 9.84 Å². The second-order valence-corrected chi connectivity index (χ2v) is 4.78. The Morgan fingerprint density at radius 1 is 1.35 bits per heavy atom. The lowest BCUT2D eigenvalue weighted by Gasteiger charge is -2.41. The highest BCUT2D eigenvalue weighted by atomic mass is 16.5. The molecule has 0 amide bonds. The number of carbonyl (C=O) groups is 1. The summed E-state index contributed by atoms with van der Waals surface area (Å²) in [5.41, 5.74) is 1.84. The van der Waals surface area contributed by atoms with Gasteiger partial charge in [0.25, 0.3) is 0 Å². The van der Waals surface area contributed by atoms with E-state index in [0.717, 1.165) is 11.3 Å². The molecule has 4 heteroatoms. The Kier molecular flexibility index (Phi) is 3.07. The summed E-state index contributed by atoms with van der Waals surface area (Å²) in [6, 6.07) is 8.02. The van der Waals surface area contributed by atoms with Crippen molar-refractivity contribution in [3.05, 3.63) is 29.8 Å². The molecule has 0 atom stereocenters. The maximum absolute atomic E-state index is 10.9. The molecule has 1 aromatic rings. The molecule has 1 aromatic carbocycles. The van der Waals surface area contributed by atoms with Gasteiger partial charge in [0.05, 0.1) is 25.0 Å². The molecule has 0 saturated carbocycles. The van der Waals surface area contributed by atoms with Crippen LogP contribution in [0.15, 0.2) is 24.3 Å². The largest absolute Gasteiger partial charge is 0.481 e. The topological polar surface area (TPSA) is 49.8 Å². The molecule has 1 heterocycles. The van der Waals surface area contributed by atoms with E-state index in [-0.39, 0.29) is 11.8 Å². The summed E-state index contributed by atoms with van der Waals surface area (Å²) < 4.78 is 5.20. The Morgan fingerprint density at radius 2 is 1.94 bits per heavy atom. The van der Waals surface area contributed by atoms with Gasteiger partial charge in [0.1, 0.15) is 0 Å². The molecule has 0 unspecified atom stereocenters. The lowest BCUT2D eigenvalue weighted by atomic mass is 9.76. The van der Waals surface area contributed by atoms with Crippen LogP contribution in [0.3, 0.4) is 0 Å². The van der Waals surface area contributed by atoms with E-state index in [1.165, 1.54) is 0 Å². The molecule has 0 aromatic heterocycles. The quantitative estimate of drug-likeness (QED) is 0.859. The first-order valence-electron chi connectivity index (χ1n) is 5.61. The molecule has 1 N–H and O–H groups in total. The molecule has 4 nitrogen and oxygen atoms in total. The molecule has 2 rings (SSSR count). The summed E-state index contributed by atoms with van der Waals surface area (Å²) >= 11 is 0. The van der Waals surface area contributed by atoms with Crippen LogP contribution in [0.2, 0.25) is 0 Å². The summed E-state index contributed by atoms with van der Waals surface area (Å²) in [7, 11) is 3.96. The van der Waals surface area contributed by atoms with Crippen LogP contribution < -0.4 is 4.90 Å². The highest BCUT2D eigenvalue weighted by Gasteiger charge is 2.42. The van der Waals surface area contributed by atoms with Crippen molar-refractivity contribution in [2.45, 2.75) is 11.8 Å². The highest BCUT2D eigenvalue weighted by Crippen LogP contribution is 2.36. The van der Waals surface area contributed by atoms with Gasteiger partial charge >= 0.3 is 5.97 Å². The first-order valence-corrected chi connectivity index (χ1v) is 5.61. The fourth-order valence-corrected chi connectivity index (χ4v) is 2.12. The minimum absolute atomic E-state index is 0.133. The van der Waals surface area contributed by atoms with Crippen molar-refractivity contribution in [1.82, 2.24) is 0 Å². The lowest BCUT2D eigenvalue weighted by molar-refractivity contribution is -0.145. The van der Waals surface area contributed by atoms with Crippen molar-refractivity contribution in [3.63, 3.8) is 0 Å². The zero-order chi connectivity index (χ0) is 12.5. The Hall–Kier alpha value is -1.55. The molecule has 0 aliphatic carbocycles. The molecule has 0 bridgehead atoms. The first-order chi connectivity index (χ1) is 8.03. The fraction of sp³-hybridized carbons (Fsp3) is 0.462. The molecule has 1 fully saturated rings. The van der Waals surface area contributed by atoms with Gasteiger partial charge < -0.3 is 14.7 Å². The number of aliphatic carboxylic acids is 1. The summed E-state index contributed by atoms with van der Waals surface area (Å²) in [4.78, 5) is 12.9. The van der Waals surface area contributed by atoms with Crippen LogP contribution in [0.25, 0.3) is 0 Å². The second kappa shape index (κ2) is 4.37. The molecule has 92 valence electrons. The predicted octanol–water partition coefficient (Wildman–Crippen LogP) is 1.50. The Labute approximate surface area is 101 Å². The Bertz CT molecular complexity index is 407. The van der Waals surface area contributed by atoms with E-state index in [1.54, 1.807) is 0 Å². The SMILES string of the molecule is CN(C)c1ccc(C2(CC(=O)O)COC2)cc1. The summed E-state index contributed by atoms with van der Waals surface area (Å²) in [5.74, 6) is -0.773. The predicted molar refractivity (Wildman–Crippen MR) is 65.5 cm³/mol. The zero-order valence-electron chi connectivity index (χ0n) is 10.1. The van der Waals surface area contributed by atoms with Crippen LogP contribution in [0.4, 0.5) is 5.69 Å². The van der Waals surface area contributed by atoms with Crippen molar-refractivity contribution in [2.24, 2.45) is 0 Å². The van der Waals surface area contributed by atoms with E-state index in [2.05, 4.69) is 0 Å². The van der Waals surface area contributed by atoms with Gasteiger partial charge in [-0.15, -0.1) is 0 Å². The second-order valence-electron chi connectivity index (χ2n) is 4.78. The number of ether oxygens (including phenoxy) is 1.